The van der Waals surface area contributed by atoms with E-state index in [1.807, 2.05) is 25.1 Å². The zero-order valence-corrected chi connectivity index (χ0v) is 8.08. The van der Waals surface area contributed by atoms with E-state index in [-0.39, 0.29) is 17.9 Å². The minimum atomic E-state index is 0. The number of rotatable bonds is 3. The second-order valence-corrected chi connectivity index (χ2v) is 2.51. The van der Waals surface area contributed by atoms with Crippen molar-refractivity contribution < 1.29 is 15.6 Å². The Hall–Kier alpha value is -0.835. The van der Waals surface area contributed by atoms with Crippen LogP contribution < -0.4 is 5.46 Å². The van der Waals surface area contributed by atoms with Crippen LogP contribution in [0.1, 0.15) is 6.92 Å². The van der Waals surface area contributed by atoms with E-state index in [0.29, 0.717) is 0 Å². The monoisotopic (exact) mass is 184 g/mol. The van der Waals surface area contributed by atoms with Gasteiger partial charge in [-0.1, -0.05) is 37.2 Å². The molecule has 0 aromatic heterocycles. The highest BCUT2D eigenvalue weighted by Gasteiger charge is 2.08. The van der Waals surface area contributed by atoms with Gasteiger partial charge in [0.05, 0.1) is 0 Å². The molecule has 0 heterocycles. The molecule has 0 unspecified atom stereocenters. The summed E-state index contributed by atoms with van der Waals surface area (Å²) in [4.78, 5) is 0. The Kier molecular flexibility index (Phi) is 8.80. The summed E-state index contributed by atoms with van der Waals surface area (Å²) in [6.45, 7) is 5.08. The summed E-state index contributed by atoms with van der Waals surface area (Å²) in [5.74, 6) is 0. The van der Waals surface area contributed by atoms with Crippen LogP contribution >= 0.6 is 0 Å². The molecule has 0 saturated carbocycles. The lowest BCUT2D eigenvalue weighted by Crippen LogP contribution is -2.29. The van der Waals surface area contributed by atoms with Gasteiger partial charge in [-0.05, 0) is 12.4 Å². The second kappa shape index (κ2) is 7.80. The fourth-order valence-corrected chi connectivity index (χ4v) is 1.07. The molecule has 3 nitrogen and oxygen atoms in total. The summed E-state index contributed by atoms with van der Waals surface area (Å²) < 4.78 is 5.43. The van der Waals surface area contributed by atoms with E-state index < -0.39 is 0 Å². The van der Waals surface area contributed by atoms with Crippen molar-refractivity contribution in [2.75, 3.05) is 6.61 Å². The highest BCUT2D eigenvalue weighted by Crippen LogP contribution is 1.89. The maximum atomic E-state index is 5.43. The third-order valence-corrected chi connectivity index (χ3v) is 1.69. The molecule has 0 spiro atoms. The highest BCUT2D eigenvalue weighted by atomic mass is 16.4. The number of benzene rings is 1. The van der Waals surface area contributed by atoms with Crippen LogP contribution in [0.2, 0.25) is 6.82 Å². The van der Waals surface area contributed by atoms with Crippen LogP contribution in [0.25, 0.3) is 0 Å². The zero-order chi connectivity index (χ0) is 8.10. The molecular formula is C9H17BO3. The van der Waals surface area contributed by atoms with E-state index in [1.54, 1.807) is 0 Å². The fourth-order valence-electron chi connectivity index (χ4n) is 1.07. The molecular weight excluding hydrogens is 167 g/mol. The summed E-state index contributed by atoms with van der Waals surface area (Å²) in [6, 6.07) is 10.2. The second-order valence-electron chi connectivity index (χ2n) is 2.51. The van der Waals surface area contributed by atoms with Gasteiger partial charge in [-0.2, -0.15) is 0 Å². The molecule has 0 aliphatic rings. The van der Waals surface area contributed by atoms with Crippen LogP contribution in [0, 0.1) is 0 Å². The van der Waals surface area contributed by atoms with Crippen LogP contribution in [-0.2, 0) is 4.65 Å². The molecule has 0 aliphatic heterocycles. The SMILES string of the molecule is CCOB(C)c1ccccc1.O.O. The molecule has 0 atom stereocenters. The van der Waals surface area contributed by atoms with Crippen LogP contribution in [0.15, 0.2) is 30.3 Å². The van der Waals surface area contributed by atoms with Gasteiger partial charge in [0.2, 0.25) is 0 Å². The van der Waals surface area contributed by atoms with Crippen LogP contribution in [0.5, 0.6) is 0 Å². The van der Waals surface area contributed by atoms with E-state index >= 15 is 0 Å². The van der Waals surface area contributed by atoms with Crippen LogP contribution in [0.4, 0.5) is 0 Å². The van der Waals surface area contributed by atoms with Crippen molar-refractivity contribution in [1.29, 1.82) is 0 Å². The molecule has 0 saturated heterocycles. The first-order chi connectivity index (χ1) is 5.34. The highest BCUT2D eigenvalue weighted by molar-refractivity contribution is 6.66. The van der Waals surface area contributed by atoms with Crippen molar-refractivity contribution in [3.63, 3.8) is 0 Å². The first kappa shape index (κ1) is 14.7. The summed E-state index contributed by atoms with van der Waals surface area (Å²) in [5, 5.41) is 0. The lowest BCUT2D eigenvalue weighted by Gasteiger charge is -2.06. The predicted molar refractivity (Wildman–Crippen MR) is 56.5 cm³/mol. The maximum absolute atomic E-state index is 5.43. The summed E-state index contributed by atoms with van der Waals surface area (Å²) in [5.41, 5.74) is 1.24. The molecule has 0 aliphatic carbocycles. The molecule has 0 bridgehead atoms. The molecule has 4 heteroatoms. The molecule has 0 fully saturated rings. The van der Waals surface area contributed by atoms with Gasteiger partial charge in [0.25, 0.3) is 0 Å². The third-order valence-electron chi connectivity index (χ3n) is 1.69. The average molecular weight is 184 g/mol. The van der Waals surface area contributed by atoms with Gasteiger partial charge in [0.1, 0.15) is 0 Å². The first-order valence-corrected chi connectivity index (χ1v) is 4.01. The number of hydrogen-bond acceptors (Lipinski definition) is 1. The van der Waals surface area contributed by atoms with E-state index in [0.717, 1.165) is 6.61 Å². The standard InChI is InChI=1S/C9H13BO.2H2O/c1-3-11-10(2)9-7-5-4-6-8-9;;/h4-8H,3H2,1-2H3;2*1H2. The Morgan fingerprint density at radius 1 is 1.15 bits per heavy atom. The third kappa shape index (κ3) is 4.67. The van der Waals surface area contributed by atoms with Gasteiger partial charge in [-0.3, -0.25) is 0 Å². The molecule has 74 valence electrons. The topological polar surface area (TPSA) is 72.2 Å². The van der Waals surface area contributed by atoms with Gasteiger partial charge in [-0.15, -0.1) is 0 Å². The lowest BCUT2D eigenvalue weighted by atomic mass is 9.64. The van der Waals surface area contributed by atoms with E-state index in [9.17, 15) is 0 Å². The Labute approximate surface area is 79.5 Å². The Morgan fingerprint density at radius 3 is 2.15 bits per heavy atom. The molecule has 1 aromatic rings. The summed E-state index contributed by atoms with van der Waals surface area (Å²) in [7, 11) is 0. The van der Waals surface area contributed by atoms with Crippen LogP contribution in [0.3, 0.4) is 0 Å². The van der Waals surface area contributed by atoms with Crippen molar-refractivity contribution >= 4 is 12.4 Å². The van der Waals surface area contributed by atoms with Gasteiger partial charge < -0.3 is 15.6 Å². The summed E-state index contributed by atoms with van der Waals surface area (Å²) >= 11 is 0. The predicted octanol–water partition coefficient (Wildman–Crippen LogP) is -0.0980. The lowest BCUT2D eigenvalue weighted by molar-refractivity contribution is 0.354. The van der Waals surface area contributed by atoms with Gasteiger partial charge in [-0.25, -0.2) is 0 Å². The fraction of sp³-hybridized carbons (Fsp3) is 0.333. The zero-order valence-electron chi connectivity index (χ0n) is 8.08. The minimum Gasteiger partial charge on any atom is -0.431 e. The van der Waals surface area contributed by atoms with Gasteiger partial charge in [0, 0.05) is 6.61 Å². The van der Waals surface area contributed by atoms with Crippen molar-refractivity contribution in [2.45, 2.75) is 13.7 Å². The Bertz CT molecular complexity index is 203. The Balaban J connectivity index is 0. The quantitative estimate of drug-likeness (QED) is 0.604. The average Bonchev–Trinajstić information content (AvgIpc) is 2.07. The molecule has 13 heavy (non-hydrogen) atoms. The molecule has 0 amide bonds. The van der Waals surface area contributed by atoms with Crippen molar-refractivity contribution in [3.8, 4) is 0 Å². The summed E-state index contributed by atoms with van der Waals surface area (Å²) in [6.07, 6.45) is 0. The van der Waals surface area contributed by atoms with Crippen molar-refractivity contribution in [1.82, 2.24) is 0 Å². The van der Waals surface area contributed by atoms with Crippen molar-refractivity contribution in [2.24, 2.45) is 0 Å². The van der Waals surface area contributed by atoms with Crippen LogP contribution in [-0.4, -0.2) is 24.5 Å². The van der Waals surface area contributed by atoms with E-state index in [1.165, 1.54) is 5.46 Å². The molecule has 1 aromatic carbocycles. The molecule has 4 N–H and O–H groups in total. The number of hydrogen-bond donors (Lipinski definition) is 0. The first-order valence-electron chi connectivity index (χ1n) is 4.01. The largest absolute Gasteiger partial charge is 0.431 e. The molecule has 0 radical (unpaired) electrons. The van der Waals surface area contributed by atoms with Crippen molar-refractivity contribution in [3.05, 3.63) is 30.3 Å². The van der Waals surface area contributed by atoms with Gasteiger partial charge in [0.15, 0.2) is 0 Å². The maximum Gasteiger partial charge on any atom is 0.323 e. The smallest absolute Gasteiger partial charge is 0.323 e. The minimum absolute atomic E-state index is 0. The Morgan fingerprint density at radius 2 is 1.69 bits per heavy atom. The van der Waals surface area contributed by atoms with Gasteiger partial charge >= 0.3 is 6.92 Å². The normalized spacial score (nSPS) is 8.15. The van der Waals surface area contributed by atoms with E-state index in [4.69, 9.17) is 4.65 Å². The van der Waals surface area contributed by atoms with E-state index in [2.05, 4.69) is 19.0 Å². The molecule has 1 rings (SSSR count).